The topological polar surface area (TPSA) is 170 Å². The van der Waals surface area contributed by atoms with E-state index in [1.165, 1.54) is 20.8 Å². The van der Waals surface area contributed by atoms with Crippen molar-refractivity contribution in [1.29, 1.82) is 0 Å². The Morgan fingerprint density at radius 2 is 1.30 bits per heavy atom. The Labute approximate surface area is 240 Å². The van der Waals surface area contributed by atoms with Crippen LogP contribution in [0.1, 0.15) is 71.9 Å². The summed E-state index contributed by atoms with van der Waals surface area (Å²) in [6, 6.07) is 2.70. The molecule has 0 fully saturated rings. The molecular weight excluding hydrogens is 476 g/mol. The Bertz CT molecular complexity index is 1430. The molecule has 208 valence electrons. The first-order valence-electron chi connectivity index (χ1n) is 17.3. The van der Waals surface area contributed by atoms with Crippen molar-refractivity contribution >= 4 is 23.5 Å². The highest BCUT2D eigenvalue weighted by molar-refractivity contribution is 5.82. The summed E-state index contributed by atoms with van der Waals surface area (Å²) < 4.78 is 103. The Balaban J connectivity index is -0.000000579. The molecule has 9 nitrogen and oxygen atoms in total. The molecular formula is C28H44N2O7. The van der Waals surface area contributed by atoms with E-state index in [0.29, 0.717) is 0 Å². The van der Waals surface area contributed by atoms with E-state index in [-0.39, 0.29) is 5.56 Å². The lowest BCUT2D eigenvalue weighted by Crippen LogP contribution is -2.31. The van der Waals surface area contributed by atoms with E-state index in [4.69, 9.17) is 40.9 Å². The zero-order valence-electron chi connectivity index (χ0n) is 35.6. The summed E-state index contributed by atoms with van der Waals surface area (Å²) >= 11 is 0. The van der Waals surface area contributed by atoms with Crippen LogP contribution in [0, 0.1) is 0 Å². The molecule has 0 saturated heterocycles. The molecule has 0 amide bonds. The Morgan fingerprint density at radius 3 is 1.49 bits per heavy atom. The number of ketones is 2. The number of carbonyl (C=O) groups is 4. The van der Waals surface area contributed by atoms with E-state index in [1.807, 2.05) is 18.2 Å². The van der Waals surface area contributed by atoms with Gasteiger partial charge in [0, 0.05) is 19.3 Å². The van der Waals surface area contributed by atoms with E-state index in [2.05, 4.69) is 4.74 Å². The number of hydrogen-bond donors (Lipinski definition) is 4. The number of aryl methyl sites for hydroxylation is 1. The highest BCUT2D eigenvalue weighted by Gasteiger charge is 2.03. The molecule has 0 saturated carbocycles. The third kappa shape index (κ3) is 28.9. The van der Waals surface area contributed by atoms with Crippen molar-refractivity contribution in [2.24, 2.45) is 11.5 Å². The van der Waals surface area contributed by atoms with Crippen LogP contribution in [0.3, 0.4) is 0 Å². The normalized spacial score (nSPS) is 18.4. The van der Waals surface area contributed by atoms with E-state index in [0.717, 1.165) is 19.4 Å². The highest BCUT2D eigenvalue weighted by Crippen LogP contribution is 1.97. The number of rotatable bonds is 6. The van der Waals surface area contributed by atoms with E-state index in [9.17, 15) is 19.2 Å². The van der Waals surface area contributed by atoms with E-state index >= 15 is 0 Å². The maximum Gasteiger partial charge on any atom is 0.310 e. The third-order valence-corrected chi connectivity index (χ3v) is 3.18. The van der Waals surface area contributed by atoms with Crippen LogP contribution in [-0.2, 0) is 36.7 Å². The number of benzene rings is 2. The second-order valence-corrected chi connectivity index (χ2v) is 6.25. The standard InChI is InChI=1S/2C8H10.2C4H9NO2.C4H6O3/c2*1-2-8-6-4-3-5-7-8;2*1-3(7)4(5)2-6;1-3(5)7-4(2)6/h2*3-7H,2H2,1H3;2*4,6H,2,5H2,1H3;1-2H3/i2D2,3D,4D,5D,6D,7D;2D2;2D2,4D;2D2;. The van der Waals surface area contributed by atoms with Gasteiger partial charge in [-0.05, 0) is 37.7 Å². The molecule has 2 aromatic rings. The summed E-state index contributed by atoms with van der Waals surface area (Å²) in [5.74, 6) is -2.61. The van der Waals surface area contributed by atoms with Gasteiger partial charge in [0.05, 0.1) is 38.9 Å². The smallest absolute Gasteiger partial charge is 0.310 e. The summed E-state index contributed by atoms with van der Waals surface area (Å²) in [7, 11) is 0. The number of hydrogen-bond acceptors (Lipinski definition) is 9. The van der Waals surface area contributed by atoms with Crippen molar-refractivity contribution in [3.05, 3.63) is 71.7 Å². The second kappa shape index (κ2) is 25.8. The van der Waals surface area contributed by atoms with Gasteiger partial charge in [-0.1, -0.05) is 74.4 Å². The lowest BCUT2D eigenvalue weighted by Gasteiger charge is -1.98. The number of carbonyl (C=O) groups excluding carboxylic acids is 4. The predicted octanol–water partition coefficient (Wildman–Crippen LogP) is 2.38. The van der Waals surface area contributed by atoms with Crippen LogP contribution >= 0.6 is 0 Å². The Kier molecular flexibility index (Phi) is 12.6. The zero-order valence-corrected chi connectivity index (χ0v) is 21.6. The summed E-state index contributed by atoms with van der Waals surface area (Å²) in [6.45, 7) is 1.58. The zero-order chi connectivity index (χ0) is 41.7. The molecule has 2 rings (SSSR count). The number of nitrogens with two attached hydrogens (primary N) is 2. The van der Waals surface area contributed by atoms with Crippen molar-refractivity contribution in [3.63, 3.8) is 0 Å². The molecule has 37 heavy (non-hydrogen) atoms. The minimum absolute atomic E-state index is 0.298. The van der Waals surface area contributed by atoms with Gasteiger partial charge in [-0.2, -0.15) is 0 Å². The van der Waals surface area contributed by atoms with Gasteiger partial charge in [-0.3, -0.25) is 19.2 Å². The quantitative estimate of drug-likeness (QED) is 0.321. The van der Waals surface area contributed by atoms with Crippen molar-refractivity contribution in [1.82, 2.24) is 0 Å². The number of Topliss-reactive ketones (excluding diaryl/α,β-unsaturated/α-hetero) is 2. The van der Waals surface area contributed by atoms with Gasteiger partial charge < -0.3 is 26.4 Å². The molecule has 0 radical (unpaired) electrons. The van der Waals surface area contributed by atoms with E-state index < -0.39 is 91.6 Å². The van der Waals surface area contributed by atoms with Gasteiger partial charge in [0.25, 0.3) is 0 Å². The fraction of sp³-hybridized carbons (Fsp3) is 0.429. The van der Waals surface area contributed by atoms with Gasteiger partial charge in [0.15, 0.2) is 0 Å². The molecule has 2 atom stereocenters. The van der Waals surface area contributed by atoms with Crippen LogP contribution < -0.4 is 11.5 Å². The molecule has 2 unspecified atom stereocenters. The van der Waals surface area contributed by atoms with Gasteiger partial charge in [-0.15, -0.1) is 0 Å². The SMILES string of the molecule is CC(=O)OC(C)=O.[2H]C([2H])(C)c1ccccc1.[2H]C([2H])(O)C(N)C(C)=O.[2H]C([2H])(O)C([2H])(N)C(C)=O.[2H]c1c([2H])c([2H])c(C([2H])([2H])C)c([2H])c1[2H]. The Morgan fingerprint density at radius 1 is 0.838 bits per heavy atom. The van der Waals surface area contributed by atoms with Crippen LogP contribution in [0.5, 0.6) is 0 Å². The molecule has 0 aliphatic heterocycles. The predicted molar refractivity (Wildman–Crippen MR) is 146 cm³/mol. The molecule has 0 aromatic heterocycles. The van der Waals surface area contributed by atoms with Crippen molar-refractivity contribution in [3.8, 4) is 0 Å². The van der Waals surface area contributed by atoms with Gasteiger partial charge in [-0.25, -0.2) is 0 Å². The molecule has 0 heterocycles. The average Bonchev–Trinajstić information content (AvgIpc) is 2.93. The molecule has 0 spiro atoms. The summed E-state index contributed by atoms with van der Waals surface area (Å²) in [4.78, 5) is 40.3. The number of esters is 2. The van der Waals surface area contributed by atoms with Gasteiger partial charge >= 0.3 is 11.9 Å². The first-order chi connectivity index (χ1) is 22.5. The van der Waals surface area contributed by atoms with Crippen LogP contribution in [0.15, 0.2) is 60.5 Å². The van der Waals surface area contributed by atoms with Crippen LogP contribution in [0.2, 0.25) is 0 Å². The van der Waals surface area contributed by atoms with Gasteiger partial charge in [0.2, 0.25) is 0 Å². The van der Waals surface area contributed by atoms with Crippen molar-refractivity contribution in [2.45, 2.75) is 66.3 Å². The lowest BCUT2D eigenvalue weighted by atomic mass is 10.2. The number of aliphatic hydroxyl groups is 2. The molecule has 0 bridgehead atoms. The lowest BCUT2D eigenvalue weighted by molar-refractivity contribution is -0.156. The monoisotopic (exact) mass is 534 g/mol. The minimum atomic E-state index is -2.99. The van der Waals surface area contributed by atoms with E-state index in [1.54, 1.807) is 19.1 Å². The van der Waals surface area contributed by atoms with Crippen molar-refractivity contribution < 1.29 is 53.3 Å². The first-order valence-corrected chi connectivity index (χ1v) is 10.3. The fourth-order valence-corrected chi connectivity index (χ4v) is 1.35. The molecule has 6 N–H and O–H groups in total. The summed E-state index contributed by atoms with van der Waals surface area (Å²) in [5.41, 5.74) is 10.2. The fourth-order valence-electron chi connectivity index (χ4n) is 1.35. The largest absolute Gasteiger partial charge is 0.394 e. The van der Waals surface area contributed by atoms with Gasteiger partial charge in [0.1, 0.15) is 11.6 Å². The molecule has 0 aliphatic rings. The molecule has 0 aliphatic carbocycles. The van der Waals surface area contributed by atoms with Crippen LogP contribution in [-0.4, -0.2) is 58.9 Å². The summed E-state index contributed by atoms with van der Waals surface area (Å²) in [5, 5.41) is 17.0. The van der Waals surface area contributed by atoms with Crippen molar-refractivity contribution in [2.75, 3.05) is 13.1 Å². The highest BCUT2D eigenvalue weighted by atomic mass is 16.6. The summed E-state index contributed by atoms with van der Waals surface area (Å²) in [6.07, 6.45) is -3.16. The number of ether oxygens (including phenoxy) is 1. The third-order valence-electron chi connectivity index (χ3n) is 3.18. The maximum atomic E-state index is 10.4. The molecule has 2 aromatic carbocycles. The van der Waals surface area contributed by atoms with Crippen LogP contribution in [0.25, 0.3) is 0 Å². The Hall–Kier alpha value is -3.24. The van der Waals surface area contributed by atoms with Crippen LogP contribution in [0.4, 0.5) is 0 Å². The second-order valence-electron chi connectivity index (χ2n) is 6.25. The maximum absolute atomic E-state index is 10.4. The minimum Gasteiger partial charge on any atom is -0.394 e. The first kappa shape index (κ1) is 18.1. The average molecular weight is 535 g/mol. The molecule has 9 heteroatoms.